The summed E-state index contributed by atoms with van der Waals surface area (Å²) in [4.78, 5) is 26.1. The van der Waals surface area contributed by atoms with Gasteiger partial charge in [0.05, 0.1) is 5.92 Å². The molecule has 0 radical (unpaired) electrons. The van der Waals surface area contributed by atoms with Gasteiger partial charge in [-0.3, -0.25) is 9.59 Å². The first-order valence-corrected chi connectivity index (χ1v) is 8.76. The first-order chi connectivity index (χ1) is 12.5. The molecule has 1 heterocycles. The van der Waals surface area contributed by atoms with Crippen LogP contribution in [0.1, 0.15) is 24.0 Å². The first-order valence-electron chi connectivity index (χ1n) is 8.76. The molecule has 2 aromatic carbocycles. The smallest absolute Gasteiger partial charge is 0.308 e. The highest BCUT2D eigenvalue weighted by molar-refractivity contribution is 5.81. The van der Waals surface area contributed by atoms with E-state index >= 15 is 0 Å². The topological polar surface area (TPSA) is 57.6 Å². The quantitative estimate of drug-likeness (QED) is 0.895. The lowest BCUT2D eigenvalue weighted by molar-refractivity contribution is -0.142. The van der Waals surface area contributed by atoms with Crippen molar-refractivity contribution in [1.29, 1.82) is 0 Å². The van der Waals surface area contributed by atoms with Gasteiger partial charge in [0.2, 0.25) is 5.91 Å². The molecule has 0 aliphatic carbocycles. The predicted molar refractivity (Wildman–Crippen MR) is 96.2 cm³/mol. The number of likely N-dealkylation sites (tertiary alicyclic amines) is 1. The summed E-state index contributed by atoms with van der Waals surface area (Å²) >= 11 is 0. The molecule has 26 heavy (non-hydrogen) atoms. The minimum absolute atomic E-state index is 0.0843. The summed E-state index contributed by atoms with van der Waals surface area (Å²) in [6.45, 7) is 2.41. The van der Waals surface area contributed by atoms with Crippen molar-refractivity contribution in [2.24, 2.45) is 11.8 Å². The van der Waals surface area contributed by atoms with Crippen molar-refractivity contribution in [2.45, 2.75) is 19.3 Å². The third-order valence-corrected chi connectivity index (χ3v) is 5.03. The van der Waals surface area contributed by atoms with Crippen molar-refractivity contribution < 1.29 is 19.1 Å². The van der Waals surface area contributed by atoms with Crippen LogP contribution < -0.4 is 0 Å². The molecule has 136 valence electrons. The summed E-state index contributed by atoms with van der Waals surface area (Å²) in [6, 6.07) is 15.7. The first kappa shape index (κ1) is 18.1. The zero-order valence-corrected chi connectivity index (χ0v) is 14.6. The molecular weight excluding hydrogens is 333 g/mol. The van der Waals surface area contributed by atoms with Crippen LogP contribution in [0.15, 0.2) is 54.6 Å². The Morgan fingerprint density at radius 2 is 1.88 bits per heavy atom. The number of hydrogen-bond acceptors (Lipinski definition) is 2. The number of aliphatic carboxylic acids is 1. The fourth-order valence-corrected chi connectivity index (χ4v) is 3.69. The molecule has 1 fully saturated rings. The average molecular weight is 355 g/mol. The van der Waals surface area contributed by atoms with Crippen LogP contribution in [0.3, 0.4) is 0 Å². The van der Waals surface area contributed by atoms with Crippen molar-refractivity contribution in [1.82, 2.24) is 4.90 Å². The van der Waals surface area contributed by atoms with E-state index in [1.54, 1.807) is 24.0 Å². The number of carbonyl (C=O) groups excluding carboxylic acids is 1. The van der Waals surface area contributed by atoms with E-state index in [1.165, 1.54) is 12.1 Å². The van der Waals surface area contributed by atoms with E-state index in [9.17, 15) is 19.1 Å². The molecule has 3 unspecified atom stereocenters. The van der Waals surface area contributed by atoms with Gasteiger partial charge in [0.25, 0.3) is 0 Å². The summed E-state index contributed by atoms with van der Waals surface area (Å²) in [6.07, 6.45) is 0.431. The van der Waals surface area contributed by atoms with Gasteiger partial charge in [-0.15, -0.1) is 0 Å². The number of halogens is 1. The minimum Gasteiger partial charge on any atom is -0.481 e. The van der Waals surface area contributed by atoms with Crippen LogP contribution in [-0.2, 0) is 16.0 Å². The van der Waals surface area contributed by atoms with Crippen LogP contribution in [0.2, 0.25) is 0 Å². The van der Waals surface area contributed by atoms with E-state index in [0.717, 1.165) is 11.1 Å². The van der Waals surface area contributed by atoms with Crippen molar-refractivity contribution in [3.05, 3.63) is 71.5 Å². The van der Waals surface area contributed by atoms with E-state index in [2.05, 4.69) is 0 Å². The van der Waals surface area contributed by atoms with Gasteiger partial charge in [-0.25, -0.2) is 4.39 Å². The summed E-state index contributed by atoms with van der Waals surface area (Å²) in [5, 5.41) is 9.57. The van der Waals surface area contributed by atoms with Gasteiger partial charge in [0.15, 0.2) is 0 Å². The lowest BCUT2D eigenvalue weighted by atomic mass is 9.89. The van der Waals surface area contributed by atoms with Crippen LogP contribution in [0, 0.1) is 17.7 Å². The van der Waals surface area contributed by atoms with Gasteiger partial charge in [-0.1, -0.05) is 49.4 Å². The third kappa shape index (κ3) is 3.93. The molecule has 1 amide bonds. The summed E-state index contributed by atoms with van der Waals surface area (Å²) in [5.41, 5.74) is 1.70. The van der Waals surface area contributed by atoms with Gasteiger partial charge in [0.1, 0.15) is 5.82 Å². The number of carboxylic acid groups (broad SMARTS) is 1. The van der Waals surface area contributed by atoms with Crippen molar-refractivity contribution >= 4 is 11.9 Å². The Balaban J connectivity index is 1.72. The second-order valence-corrected chi connectivity index (χ2v) is 6.94. The molecule has 5 heteroatoms. The summed E-state index contributed by atoms with van der Waals surface area (Å²) in [5.74, 6) is -2.44. The van der Waals surface area contributed by atoms with E-state index in [-0.39, 0.29) is 30.1 Å². The lowest BCUT2D eigenvalue weighted by Gasteiger charge is -2.21. The number of carbonyl (C=O) groups is 2. The Bertz CT molecular complexity index is 793. The van der Waals surface area contributed by atoms with Gasteiger partial charge >= 0.3 is 5.97 Å². The van der Waals surface area contributed by atoms with Crippen LogP contribution in [0.5, 0.6) is 0 Å². The molecule has 0 aromatic heterocycles. The van der Waals surface area contributed by atoms with Crippen LogP contribution in [-0.4, -0.2) is 35.0 Å². The fraction of sp³-hybridized carbons (Fsp3) is 0.333. The van der Waals surface area contributed by atoms with E-state index in [1.807, 2.05) is 30.3 Å². The Morgan fingerprint density at radius 3 is 2.54 bits per heavy atom. The maximum atomic E-state index is 13.3. The number of rotatable bonds is 5. The van der Waals surface area contributed by atoms with Crippen molar-refractivity contribution in [3.8, 4) is 0 Å². The van der Waals surface area contributed by atoms with E-state index < -0.39 is 11.9 Å². The molecule has 2 aromatic rings. The van der Waals surface area contributed by atoms with Gasteiger partial charge in [-0.05, 0) is 29.7 Å². The van der Waals surface area contributed by atoms with Gasteiger partial charge in [-0.2, -0.15) is 0 Å². The maximum absolute atomic E-state index is 13.3. The number of carboxylic acids is 1. The Labute approximate surface area is 152 Å². The van der Waals surface area contributed by atoms with Crippen LogP contribution >= 0.6 is 0 Å². The van der Waals surface area contributed by atoms with Crippen LogP contribution in [0.4, 0.5) is 4.39 Å². The molecule has 1 aliphatic heterocycles. The molecule has 0 spiro atoms. The molecular formula is C21H22FNO3. The van der Waals surface area contributed by atoms with E-state index in [0.29, 0.717) is 13.0 Å². The number of benzene rings is 2. The molecule has 0 bridgehead atoms. The zero-order valence-electron chi connectivity index (χ0n) is 14.6. The molecule has 1 saturated heterocycles. The molecule has 1 N–H and O–H groups in total. The van der Waals surface area contributed by atoms with Gasteiger partial charge in [0, 0.05) is 24.9 Å². The molecule has 4 nitrogen and oxygen atoms in total. The second-order valence-electron chi connectivity index (χ2n) is 6.94. The largest absolute Gasteiger partial charge is 0.481 e. The van der Waals surface area contributed by atoms with Crippen molar-refractivity contribution in [3.63, 3.8) is 0 Å². The van der Waals surface area contributed by atoms with Crippen molar-refractivity contribution in [2.75, 3.05) is 13.1 Å². The fourth-order valence-electron chi connectivity index (χ4n) is 3.69. The number of hydrogen-bond donors (Lipinski definition) is 1. The Hall–Kier alpha value is -2.69. The standard InChI is InChI=1S/C21H22FNO3/c1-14(10-15-6-5-9-17(22)11-15)20(24)23-12-18(19(13-23)21(25)26)16-7-3-2-4-8-16/h2-9,11,14,18-19H,10,12-13H2,1H3,(H,25,26). The number of nitrogens with zero attached hydrogens (tertiary/aromatic N) is 1. The SMILES string of the molecule is CC(Cc1cccc(F)c1)C(=O)N1CC(C(=O)O)C(c2ccccc2)C1. The van der Waals surface area contributed by atoms with Gasteiger partial charge < -0.3 is 10.0 Å². The highest BCUT2D eigenvalue weighted by Crippen LogP contribution is 2.33. The molecule has 0 saturated carbocycles. The highest BCUT2D eigenvalue weighted by atomic mass is 19.1. The Kier molecular flexibility index (Phi) is 5.35. The Morgan fingerprint density at radius 1 is 1.15 bits per heavy atom. The molecule has 3 atom stereocenters. The maximum Gasteiger partial charge on any atom is 0.308 e. The predicted octanol–water partition coefficient (Wildman–Crippen LogP) is 3.33. The van der Waals surface area contributed by atoms with Crippen LogP contribution in [0.25, 0.3) is 0 Å². The summed E-state index contributed by atoms with van der Waals surface area (Å²) < 4.78 is 13.3. The number of amides is 1. The average Bonchev–Trinajstić information content (AvgIpc) is 3.07. The lowest BCUT2D eigenvalue weighted by Crippen LogP contribution is -2.35. The highest BCUT2D eigenvalue weighted by Gasteiger charge is 2.41. The summed E-state index contributed by atoms with van der Waals surface area (Å²) in [7, 11) is 0. The third-order valence-electron chi connectivity index (χ3n) is 5.03. The second kappa shape index (κ2) is 7.68. The molecule has 1 aliphatic rings. The minimum atomic E-state index is -0.882. The normalized spacial score (nSPS) is 20.8. The molecule has 3 rings (SSSR count). The van der Waals surface area contributed by atoms with E-state index in [4.69, 9.17) is 0 Å². The zero-order chi connectivity index (χ0) is 18.7. The monoisotopic (exact) mass is 355 g/mol.